The number of carbonyl (C=O) groups excluding carboxylic acids is 1. The number of nitrogens with one attached hydrogen (secondary N) is 1. The van der Waals surface area contributed by atoms with E-state index in [1.54, 1.807) is 19.4 Å². The number of likely N-dealkylation sites (N-methyl/N-ethyl adjacent to an activating group) is 1. The summed E-state index contributed by atoms with van der Waals surface area (Å²) >= 11 is 0. The number of pyridine rings is 1. The molecule has 5 nitrogen and oxygen atoms in total. The van der Waals surface area contributed by atoms with Gasteiger partial charge < -0.3 is 15.0 Å². The van der Waals surface area contributed by atoms with Gasteiger partial charge in [0.25, 0.3) is 0 Å². The van der Waals surface area contributed by atoms with Gasteiger partial charge in [-0.2, -0.15) is 0 Å². The van der Waals surface area contributed by atoms with Gasteiger partial charge in [0.15, 0.2) is 0 Å². The maximum absolute atomic E-state index is 11.6. The predicted molar refractivity (Wildman–Crippen MR) is 80.3 cm³/mol. The maximum atomic E-state index is 11.6. The van der Waals surface area contributed by atoms with Gasteiger partial charge in [0, 0.05) is 32.5 Å². The number of nitrogens with zero attached hydrogens (tertiary/aromatic N) is 2. The highest BCUT2D eigenvalue weighted by atomic mass is 16.5. The van der Waals surface area contributed by atoms with Gasteiger partial charge in [-0.3, -0.25) is 9.78 Å². The highest BCUT2D eigenvalue weighted by molar-refractivity contribution is 5.91. The number of amides is 1. The molecule has 0 saturated carbocycles. The van der Waals surface area contributed by atoms with Crippen molar-refractivity contribution < 1.29 is 9.53 Å². The Labute approximate surface area is 120 Å². The summed E-state index contributed by atoms with van der Waals surface area (Å²) in [6.45, 7) is 3.25. The molecule has 1 N–H and O–H groups in total. The van der Waals surface area contributed by atoms with E-state index in [-0.39, 0.29) is 5.91 Å². The monoisotopic (exact) mass is 277 g/mol. The summed E-state index contributed by atoms with van der Waals surface area (Å²) in [5, 5.41) is 2.85. The van der Waals surface area contributed by atoms with E-state index in [0.29, 0.717) is 6.54 Å². The van der Waals surface area contributed by atoms with E-state index in [9.17, 15) is 4.79 Å². The van der Waals surface area contributed by atoms with Crippen molar-refractivity contribution in [3.8, 4) is 0 Å². The van der Waals surface area contributed by atoms with Crippen molar-refractivity contribution in [3.05, 3.63) is 36.2 Å². The highest BCUT2D eigenvalue weighted by Gasteiger charge is 1.99. The number of ether oxygens (including phenoxy) is 1. The largest absolute Gasteiger partial charge is 0.383 e. The topological polar surface area (TPSA) is 54.5 Å². The molecule has 0 fully saturated rings. The summed E-state index contributed by atoms with van der Waals surface area (Å²) in [5.41, 5.74) is 0.780. The molecule has 0 spiro atoms. The Kier molecular flexibility index (Phi) is 8.26. The van der Waals surface area contributed by atoms with Crippen LogP contribution in [-0.2, 0) is 9.53 Å². The summed E-state index contributed by atoms with van der Waals surface area (Å²) in [5.74, 6) is -0.0878. The van der Waals surface area contributed by atoms with Crippen molar-refractivity contribution >= 4 is 12.0 Å². The van der Waals surface area contributed by atoms with Crippen LogP contribution >= 0.6 is 0 Å². The number of rotatable bonds is 9. The molecule has 1 rings (SSSR count). The summed E-state index contributed by atoms with van der Waals surface area (Å²) < 4.78 is 5.00. The summed E-state index contributed by atoms with van der Waals surface area (Å²) in [6.07, 6.45) is 5.84. The quantitative estimate of drug-likeness (QED) is 0.544. The molecular formula is C15H23N3O2. The first kappa shape index (κ1) is 16.3. The number of hydrogen-bond donors (Lipinski definition) is 1. The van der Waals surface area contributed by atoms with E-state index < -0.39 is 0 Å². The molecule has 1 aromatic heterocycles. The molecule has 110 valence electrons. The zero-order chi connectivity index (χ0) is 14.6. The molecule has 0 aromatic carbocycles. The van der Waals surface area contributed by atoms with Gasteiger partial charge in [-0.1, -0.05) is 6.07 Å². The lowest BCUT2D eigenvalue weighted by molar-refractivity contribution is -0.116. The second kappa shape index (κ2) is 10.1. The minimum atomic E-state index is -0.0878. The van der Waals surface area contributed by atoms with Crippen LogP contribution < -0.4 is 5.32 Å². The van der Waals surface area contributed by atoms with Gasteiger partial charge in [0.05, 0.1) is 12.3 Å². The van der Waals surface area contributed by atoms with E-state index in [0.717, 1.165) is 31.8 Å². The molecule has 5 heteroatoms. The molecule has 0 saturated heterocycles. The molecular weight excluding hydrogens is 254 g/mol. The third-order valence-electron chi connectivity index (χ3n) is 2.79. The smallest absolute Gasteiger partial charge is 0.244 e. The number of carbonyl (C=O) groups is 1. The number of hydrogen-bond acceptors (Lipinski definition) is 4. The third kappa shape index (κ3) is 7.66. The third-order valence-corrected chi connectivity index (χ3v) is 2.79. The maximum Gasteiger partial charge on any atom is 0.244 e. The van der Waals surface area contributed by atoms with Crippen molar-refractivity contribution in [1.82, 2.24) is 15.2 Å². The Morgan fingerprint density at radius 3 is 3.00 bits per heavy atom. The molecule has 0 radical (unpaired) electrons. The Morgan fingerprint density at radius 2 is 2.30 bits per heavy atom. The molecule has 1 amide bonds. The average molecular weight is 277 g/mol. The fraction of sp³-hybridized carbons (Fsp3) is 0.467. The first-order chi connectivity index (χ1) is 9.72. The van der Waals surface area contributed by atoms with Gasteiger partial charge in [-0.05, 0) is 38.2 Å². The normalized spacial score (nSPS) is 11.2. The second-order valence-electron chi connectivity index (χ2n) is 4.53. The van der Waals surface area contributed by atoms with E-state index in [1.807, 2.05) is 25.2 Å². The summed E-state index contributed by atoms with van der Waals surface area (Å²) in [4.78, 5) is 17.9. The molecule has 0 bridgehead atoms. The van der Waals surface area contributed by atoms with E-state index >= 15 is 0 Å². The minimum Gasteiger partial charge on any atom is -0.383 e. The van der Waals surface area contributed by atoms with E-state index in [2.05, 4.69) is 15.2 Å². The van der Waals surface area contributed by atoms with Crippen LogP contribution in [0.4, 0.5) is 0 Å². The Hall–Kier alpha value is -1.72. The van der Waals surface area contributed by atoms with E-state index in [1.165, 1.54) is 6.08 Å². The lowest BCUT2D eigenvalue weighted by Crippen LogP contribution is -2.28. The number of aromatic nitrogens is 1. The number of methoxy groups -OCH3 is 1. The van der Waals surface area contributed by atoms with Crippen LogP contribution in [0.25, 0.3) is 6.08 Å². The fourth-order valence-electron chi connectivity index (χ4n) is 1.61. The Balaban J connectivity index is 2.13. The highest BCUT2D eigenvalue weighted by Crippen LogP contribution is 1.95. The van der Waals surface area contributed by atoms with Crippen molar-refractivity contribution in [1.29, 1.82) is 0 Å². The van der Waals surface area contributed by atoms with Crippen LogP contribution in [0, 0.1) is 0 Å². The van der Waals surface area contributed by atoms with E-state index in [4.69, 9.17) is 4.74 Å². The van der Waals surface area contributed by atoms with Gasteiger partial charge in [-0.25, -0.2) is 0 Å². The van der Waals surface area contributed by atoms with Gasteiger partial charge in [-0.15, -0.1) is 0 Å². The second-order valence-corrected chi connectivity index (χ2v) is 4.53. The zero-order valence-electron chi connectivity index (χ0n) is 12.2. The molecule has 0 aliphatic carbocycles. The van der Waals surface area contributed by atoms with Crippen molar-refractivity contribution in [3.63, 3.8) is 0 Å². The van der Waals surface area contributed by atoms with Crippen molar-refractivity contribution in [2.75, 3.05) is 40.4 Å². The Morgan fingerprint density at radius 1 is 1.45 bits per heavy atom. The molecule has 1 heterocycles. The SMILES string of the molecule is COCCN(C)CCCNC(=O)C=Cc1ccccn1. The van der Waals surface area contributed by atoms with Gasteiger partial charge in [0.1, 0.15) is 0 Å². The standard InChI is InChI=1S/C15H23N3O2/c1-18(12-13-20-2)11-5-10-17-15(19)8-7-14-6-3-4-9-16-14/h3-4,6-9H,5,10-13H2,1-2H3,(H,17,19). The van der Waals surface area contributed by atoms with Crippen LogP contribution in [0.2, 0.25) is 0 Å². The van der Waals surface area contributed by atoms with Crippen LogP contribution in [-0.4, -0.2) is 56.2 Å². The van der Waals surface area contributed by atoms with Crippen LogP contribution in [0.3, 0.4) is 0 Å². The van der Waals surface area contributed by atoms with Crippen molar-refractivity contribution in [2.45, 2.75) is 6.42 Å². The van der Waals surface area contributed by atoms with Gasteiger partial charge in [0.2, 0.25) is 5.91 Å². The Bertz CT molecular complexity index is 407. The fourth-order valence-corrected chi connectivity index (χ4v) is 1.61. The molecule has 0 aliphatic rings. The average Bonchev–Trinajstić information content (AvgIpc) is 2.48. The lowest BCUT2D eigenvalue weighted by atomic mass is 10.3. The first-order valence-corrected chi connectivity index (χ1v) is 6.77. The molecule has 1 aromatic rings. The lowest BCUT2D eigenvalue weighted by Gasteiger charge is -2.15. The molecule has 0 aliphatic heterocycles. The molecule has 20 heavy (non-hydrogen) atoms. The molecule has 0 atom stereocenters. The van der Waals surface area contributed by atoms with Crippen LogP contribution in [0.1, 0.15) is 12.1 Å². The van der Waals surface area contributed by atoms with Crippen LogP contribution in [0.5, 0.6) is 0 Å². The predicted octanol–water partition coefficient (Wildman–Crippen LogP) is 1.18. The first-order valence-electron chi connectivity index (χ1n) is 6.77. The molecule has 0 unspecified atom stereocenters. The summed E-state index contributed by atoms with van der Waals surface area (Å²) in [6, 6.07) is 5.59. The summed E-state index contributed by atoms with van der Waals surface area (Å²) in [7, 11) is 3.74. The minimum absolute atomic E-state index is 0.0878. The zero-order valence-corrected chi connectivity index (χ0v) is 12.2. The van der Waals surface area contributed by atoms with Crippen LogP contribution in [0.15, 0.2) is 30.5 Å². The van der Waals surface area contributed by atoms with Gasteiger partial charge >= 0.3 is 0 Å². The van der Waals surface area contributed by atoms with Crippen molar-refractivity contribution in [2.24, 2.45) is 0 Å².